The molecule has 70 valence electrons. The Morgan fingerprint density at radius 1 is 1.46 bits per heavy atom. The molecule has 1 rings (SSSR count). The van der Waals surface area contributed by atoms with Crippen molar-refractivity contribution in [1.82, 2.24) is 0 Å². The van der Waals surface area contributed by atoms with E-state index in [0.717, 1.165) is 5.56 Å². The second-order valence-corrected chi connectivity index (χ2v) is 3.54. The van der Waals surface area contributed by atoms with Crippen molar-refractivity contribution in [3.8, 4) is 0 Å². The molecule has 0 unspecified atom stereocenters. The molecule has 2 N–H and O–H groups in total. The van der Waals surface area contributed by atoms with E-state index in [9.17, 15) is 4.79 Å². The van der Waals surface area contributed by atoms with Gasteiger partial charge in [-0.25, -0.2) is 0 Å². The van der Waals surface area contributed by atoms with Crippen LogP contribution in [0.25, 0.3) is 0 Å². The lowest BCUT2D eigenvalue weighted by Gasteiger charge is -2.06. The van der Waals surface area contributed by atoms with Crippen molar-refractivity contribution >= 4 is 5.91 Å². The SMILES string of the molecule is CC(C)c1cccc(CC(N)=O)c1. The molecule has 0 bridgehead atoms. The molecule has 0 fully saturated rings. The van der Waals surface area contributed by atoms with Crippen molar-refractivity contribution in [3.63, 3.8) is 0 Å². The van der Waals surface area contributed by atoms with Crippen LogP contribution in [0.5, 0.6) is 0 Å². The number of nitrogens with two attached hydrogens (primary N) is 1. The molecule has 0 radical (unpaired) electrons. The van der Waals surface area contributed by atoms with Gasteiger partial charge in [-0.05, 0) is 17.0 Å². The van der Waals surface area contributed by atoms with E-state index < -0.39 is 0 Å². The second-order valence-electron chi connectivity index (χ2n) is 3.54. The van der Waals surface area contributed by atoms with Crippen LogP contribution < -0.4 is 5.73 Å². The van der Waals surface area contributed by atoms with Crippen LogP contribution in [0.4, 0.5) is 0 Å². The molecule has 0 aliphatic rings. The van der Waals surface area contributed by atoms with Crippen LogP contribution in [0.3, 0.4) is 0 Å². The Morgan fingerprint density at radius 3 is 2.69 bits per heavy atom. The van der Waals surface area contributed by atoms with Crippen molar-refractivity contribution in [2.24, 2.45) is 5.73 Å². The molecule has 0 aliphatic heterocycles. The number of amides is 1. The number of hydrogen-bond acceptors (Lipinski definition) is 1. The highest BCUT2D eigenvalue weighted by Crippen LogP contribution is 2.15. The number of carbonyl (C=O) groups excluding carboxylic acids is 1. The summed E-state index contributed by atoms with van der Waals surface area (Å²) in [5.74, 6) is 0.216. The maximum absolute atomic E-state index is 10.7. The van der Waals surface area contributed by atoms with Gasteiger partial charge in [0, 0.05) is 0 Å². The van der Waals surface area contributed by atoms with Gasteiger partial charge in [-0.1, -0.05) is 38.1 Å². The summed E-state index contributed by atoms with van der Waals surface area (Å²) in [5, 5.41) is 0. The van der Waals surface area contributed by atoms with Gasteiger partial charge in [-0.3, -0.25) is 4.79 Å². The lowest BCUT2D eigenvalue weighted by atomic mass is 10.00. The van der Waals surface area contributed by atoms with Crippen molar-refractivity contribution in [2.45, 2.75) is 26.2 Å². The first-order valence-corrected chi connectivity index (χ1v) is 4.46. The standard InChI is InChI=1S/C11H15NO/c1-8(2)10-5-3-4-9(6-10)7-11(12)13/h3-6,8H,7H2,1-2H3,(H2,12,13). The first-order chi connectivity index (χ1) is 6.09. The molecule has 2 nitrogen and oxygen atoms in total. The highest BCUT2D eigenvalue weighted by Gasteiger charge is 2.02. The van der Waals surface area contributed by atoms with Gasteiger partial charge in [0.05, 0.1) is 6.42 Å². The third-order valence-electron chi connectivity index (χ3n) is 2.00. The molecular formula is C11H15NO. The van der Waals surface area contributed by atoms with Gasteiger partial charge in [-0.2, -0.15) is 0 Å². The van der Waals surface area contributed by atoms with Crippen LogP contribution in [-0.4, -0.2) is 5.91 Å². The monoisotopic (exact) mass is 177 g/mol. The summed E-state index contributed by atoms with van der Waals surface area (Å²) in [7, 11) is 0. The fraction of sp³-hybridized carbons (Fsp3) is 0.364. The van der Waals surface area contributed by atoms with Crippen molar-refractivity contribution in [2.75, 3.05) is 0 Å². The first-order valence-electron chi connectivity index (χ1n) is 4.46. The quantitative estimate of drug-likeness (QED) is 0.752. The highest BCUT2D eigenvalue weighted by molar-refractivity contribution is 5.76. The van der Waals surface area contributed by atoms with E-state index in [2.05, 4.69) is 19.9 Å². The summed E-state index contributed by atoms with van der Waals surface area (Å²) in [6.07, 6.45) is 0.334. The zero-order chi connectivity index (χ0) is 9.84. The summed E-state index contributed by atoms with van der Waals surface area (Å²) in [6.45, 7) is 4.26. The number of hydrogen-bond donors (Lipinski definition) is 1. The van der Waals surface area contributed by atoms with Crippen LogP contribution in [0.1, 0.15) is 30.9 Å². The van der Waals surface area contributed by atoms with E-state index in [-0.39, 0.29) is 5.91 Å². The topological polar surface area (TPSA) is 43.1 Å². The zero-order valence-corrected chi connectivity index (χ0v) is 8.08. The number of carbonyl (C=O) groups is 1. The third kappa shape index (κ3) is 2.90. The summed E-state index contributed by atoms with van der Waals surface area (Å²) in [5.41, 5.74) is 7.36. The van der Waals surface area contributed by atoms with Gasteiger partial charge in [-0.15, -0.1) is 0 Å². The molecule has 0 aliphatic carbocycles. The number of rotatable bonds is 3. The fourth-order valence-electron chi connectivity index (χ4n) is 1.26. The molecule has 2 heteroatoms. The van der Waals surface area contributed by atoms with Gasteiger partial charge in [0.1, 0.15) is 0 Å². The molecule has 0 spiro atoms. The Bertz CT molecular complexity index is 305. The molecular weight excluding hydrogens is 162 g/mol. The Hall–Kier alpha value is -1.31. The van der Waals surface area contributed by atoms with Crippen LogP contribution in [0, 0.1) is 0 Å². The van der Waals surface area contributed by atoms with Gasteiger partial charge in [0.2, 0.25) is 5.91 Å². The maximum atomic E-state index is 10.7. The molecule has 1 aromatic rings. The molecule has 1 amide bonds. The zero-order valence-electron chi connectivity index (χ0n) is 8.08. The maximum Gasteiger partial charge on any atom is 0.221 e. The Balaban J connectivity index is 2.85. The normalized spacial score (nSPS) is 10.4. The lowest BCUT2D eigenvalue weighted by Crippen LogP contribution is -2.13. The third-order valence-corrected chi connectivity index (χ3v) is 2.00. The van der Waals surface area contributed by atoms with E-state index in [1.54, 1.807) is 0 Å². The highest BCUT2D eigenvalue weighted by atomic mass is 16.1. The van der Waals surface area contributed by atoms with E-state index in [0.29, 0.717) is 12.3 Å². The van der Waals surface area contributed by atoms with Gasteiger partial charge < -0.3 is 5.73 Å². The molecule has 0 saturated carbocycles. The van der Waals surface area contributed by atoms with Crippen molar-refractivity contribution in [3.05, 3.63) is 35.4 Å². The molecule has 0 aromatic heterocycles. The molecule has 0 saturated heterocycles. The van der Waals surface area contributed by atoms with Crippen LogP contribution in [-0.2, 0) is 11.2 Å². The van der Waals surface area contributed by atoms with E-state index in [1.165, 1.54) is 5.56 Å². The number of primary amides is 1. The van der Waals surface area contributed by atoms with Crippen LogP contribution >= 0.6 is 0 Å². The lowest BCUT2D eigenvalue weighted by molar-refractivity contribution is -0.117. The summed E-state index contributed by atoms with van der Waals surface area (Å²) in [4.78, 5) is 10.7. The minimum atomic E-state index is -0.277. The average molecular weight is 177 g/mol. The smallest absolute Gasteiger partial charge is 0.221 e. The molecule has 0 atom stereocenters. The van der Waals surface area contributed by atoms with Crippen LogP contribution in [0.15, 0.2) is 24.3 Å². The van der Waals surface area contributed by atoms with Crippen LogP contribution in [0.2, 0.25) is 0 Å². The van der Waals surface area contributed by atoms with Crippen molar-refractivity contribution in [1.29, 1.82) is 0 Å². The Kier molecular flexibility index (Phi) is 3.07. The van der Waals surface area contributed by atoms with Gasteiger partial charge in [0.25, 0.3) is 0 Å². The number of benzene rings is 1. The Labute approximate surface area is 78.8 Å². The van der Waals surface area contributed by atoms with E-state index >= 15 is 0 Å². The summed E-state index contributed by atoms with van der Waals surface area (Å²) < 4.78 is 0. The van der Waals surface area contributed by atoms with E-state index in [1.807, 2.05) is 18.2 Å². The minimum absolute atomic E-state index is 0.277. The molecule has 13 heavy (non-hydrogen) atoms. The average Bonchev–Trinajstić information content (AvgIpc) is 2.03. The van der Waals surface area contributed by atoms with Gasteiger partial charge in [0.15, 0.2) is 0 Å². The second kappa shape index (κ2) is 4.08. The summed E-state index contributed by atoms with van der Waals surface area (Å²) >= 11 is 0. The molecule has 1 aromatic carbocycles. The first kappa shape index (κ1) is 9.78. The largest absolute Gasteiger partial charge is 0.369 e. The van der Waals surface area contributed by atoms with E-state index in [4.69, 9.17) is 5.73 Å². The van der Waals surface area contributed by atoms with Crippen molar-refractivity contribution < 1.29 is 4.79 Å². The fourth-order valence-corrected chi connectivity index (χ4v) is 1.26. The predicted octanol–water partition coefficient (Wildman–Crippen LogP) is 1.84. The van der Waals surface area contributed by atoms with Gasteiger partial charge >= 0.3 is 0 Å². The minimum Gasteiger partial charge on any atom is -0.369 e. The summed E-state index contributed by atoms with van der Waals surface area (Å²) in [6, 6.07) is 7.99. The molecule has 0 heterocycles. The predicted molar refractivity (Wildman–Crippen MR) is 53.4 cm³/mol. The Morgan fingerprint density at radius 2 is 2.15 bits per heavy atom.